The highest BCUT2D eigenvalue weighted by atomic mass is 19.4. The van der Waals surface area contributed by atoms with Gasteiger partial charge in [-0.25, -0.2) is 0 Å². The number of rotatable bonds is 4. The Morgan fingerprint density at radius 3 is 2.50 bits per heavy atom. The highest BCUT2D eigenvalue weighted by Gasteiger charge is 2.34. The largest absolute Gasteiger partial charge is 0.497 e. The second-order valence-corrected chi connectivity index (χ2v) is 3.50. The molecule has 3 nitrogen and oxygen atoms in total. The van der Waals surface area contributed by atoms with Crippen LogP contribution >= 0.6 is 0 Å². The van der Waals surface area contributed by atoms with Crippen molar-refractivity contribution in [3.05, 3.63) is 29.3 Å². The van der Waals surface area contributed by atoms with Gasteiger partial charge in [-0.15, -0.1) is 0 Å². The summed E-state index contributed by atoms with van der Waals surface area (Å²) in [5, 5.41) is 0. The third kappa shape index (κ3) is 3.65. The second-order valence-electron chi connectivity index (χ2n) is 3.50. The molecule has 0 fully saturated rings. The number of benzene rings is 1. The van der Waals surface area contributed by atoms with Crippen molar-refractivity contribution in [3.8, 4) is 5.75 Å². The predicted octanol–water partition coefficient (Wildman–Crippen LogP) is 2.82. The van der Waals surface area contributed by atoms with Gasteiger partial charge in [-0.2, -0.15) is 13.2 Å². The van der Waals surface area contributed by atoms with Crippen LogP contribution in [0.3, 0.4) is 0 Å². The predicted molar refractivity (Wildman–Crippen MR) is 58.3 cm³/mol. The van der Waals surface area contributed by atoms with Gasteiger partial charge in [0.15, 0.2) is 0 Å². The van der Waals surface area contributed by atoms with Crippen LogP contribution in [-0.4, -0.2) is 19.7 Å². The molecule has 0 unspecified atom stereocenters. The molecule has 0 saturated heterocycles. The Morgan fingerprint density at radius 1 is 1.33 bits per heavy atom. The van der Waals surface area contributed by atoms with E-state index in [0.29, 0.717) is 0 Å². The molecular weight excluding hydrogens is 249 g/mol. The summed E-state index contributed by atoms with van der Waals surface area (Å²) in [4.78, 5) is 11.2. The van der Waals surface area contributed by atoms with Gasteiger partial charge in [0.1, 0.15) is 5.75 Å². The van der Waals surface area contributed by atoms with Crippen LogP contribution in [0.5, 0.6) is 5.75 Å². The molecule has 1 rings (SSSR count). The van der Waals surface area contributed by atoms with Crippen molar-refractivity contribution in [2.45, 2.75) is 19.5 Å². The van der Waals surface area contributed by atoms with Crippen molar-refractivity contribution in [1.82, 2.24) is 0 Å². The minimum Gasteiger partial charge on any atom is -0.497 e. The number of hydrogen-bond donors (Lipinski definition) is 0. The fourth-order valence-corrected chi connectivity index (χ4v) is 1.47. The zero-order valence-corrected chi connectivity index (χ0v) is 10.0. The van der Waals surface area contributed by atoms with Crippen LogP contribution in [0.15, 0.2) is 18.2 Å². The SMILES string of the molecule is CCOC(=O)Cc1ccc(OC)cc1C(F)(F)F. The standard InChI is InChI=1S/C12H13F3O3/c1-3-18-11(16)6-8-4-5-9(17-2)7-10(8)12(13,14)15/h4-5,7H,3,6H2,1-2H3. The summed E-state index contributed by atoms with van der Waals surface area (Å²) in [5.41, 5.74) is -1.00. The summed E-state index contributed by atoms with van der Waals surface area (Å²) >= 11 is 0. The van der Waals surface area contributed by atoms with E-state index in [2.05, 4.69) is 4.74 Å². The zero-order chi connectivity index (χ0) is 13.8. The average Bonchev–Trinajstić information content (AvgIpc) is 2.28. The molecule has 100 valence electrons. The summed E-state index contributed by atoms with van der Waals surface area (Å²) in [6, 6.07) is 3.47. The van der Waals surface area contributed by atoms with Crippen LogP contribution in [0.25, 0.3) is 0 Å². The topological polar surface area (TPSA) is 35.5 Å². The van der Waals surface area contributed by atoms with Crippen molar-refractivity contribution in [3.63, 3.8) is 0 Å². The van der Waals surface area contributed by atoms with E-state index in [1.54, 1.807) is 6.92 Å². The molecule has 0 aliphatic carbocycles. The second kappa shape index (κ2) is 5.75. The van der Waals surface area contributed by atoms with Crippen molar-refractivity contribution in [1.29, 1.82) is 0 Å². The van der Waals surface area contributed by atoms with Crippen molar-refractivity contribution in [2.24, 2.45) is 0 Å². The molecule has 0 heterocycles. The van der Waals surface area contributed by atoms with E-state index in [0.717, 1.165) is 6.07 Å². The summed E-state index contributed by atoms with van der Waals surface area (Å²) in [7, 11) is 1.28. The molecule has 0 aliphatic heterocycles. The van der Waals surface area contributed by atoms with E-state index in [4.69, 9.17) is 4.74 Å². The molecule has 0 N–H and O–H groups in total. The van der Waals surface area contributed by atoms with Crippen LogP contribution in [0, 0.1) is 0 Å². The van der Waals surface area contributed by atoms with E-state index in [1.807, 2.05) is 0 Å². The average molecular weight is 262 g/mol. The Kier molecular flexibility index (Phi) is 4.58. The van der Waals surface area contributed by atoms with E-state index in [1.165, 1.54) is 19.2 Å². The Morgan fingerprint density at radius 2 is 2.00 bits per heavy atom. The number of ether oxygens (including phenoxy) is 2. The van der Waals surface area contributed by atoms with E-state index in [-0.39, 0.29) is 17.9 Å². The van der Waals surface area contributed by atoms with Gasteiger partial charge in [-0.1, -0.05) is 6.07 Å². The molecule has 18 heavy (non-hydrogen) atoms. The van der Waals surface area contributed by atoms with Crippen LogP contribution in [0.1, 0.15) is 18.1 Å². The number of hydrogen-bond acceptors (Lipinski definition) is 3. The Balaban J connectivity index is 3.07. The number of esters is 1. The van der Waals surface area contributed by atoms with E-state index >= 15 is 0 Å². The highest BCUT2D eigenvalue weighted by Crippen LogP contribution is 2.34. The van der Waals surface area contributed by atoms with E-state index in [9.17, 15) is 18.0 Å². The quantitative estimate of drug-likeness (QED) is 0.783. The number of methoxy groups -OCH3 is 1. The van der Waals surface area contributed by atoms with Crippen molar-refractivity contribution >= 4 is 5.97 Å². The minimum absolute atomic E-state index is 0.0925. The zero-order valence-electron chi connectivity index (χ0n) is 10.0. The fourth-order valence-electron chi connectivity index (χ4n) is 1.47. The van der Waals surface area contributed by atoms with Crippen LogP contribution in [0.2, 0.25) is 0 Å². The van der Waals surface area contributed by atoms with Gasteiger partial charge in [0.05, 0.1) is 25.7 Å². The van der Waals surface area contributed by atoms with Gasteiger partial charge in [0.2, 0.25) is 0 Å². The van der Waals surface area contributed by atoms with Gasteiger partial charge in [0.25, 0.3) is 0 Å². The molecule has 0 bridgehead atoms. The summed E-state index contributed by atoms with van der Waals surface area (Å²) in [5.74, 6) is -0.594. The summed E-state index contributed by atoms with van der Waals surface area (Å²) in [6.45, 7) is 1.73. The first kappa shape index (κ1) is 14.3. The van der Waals surface area contributed by atoms with Crippen molar-refractivity contribution < 1.29 is 27.4 Å². The van der Waals surface area contributed by atoms with Gasteiger partial charge >= 0.3 is 12.1 Å². The summed E-state index contributed by atoms with van der Waals surface area (Å²) in [6.07, 6.45) is -4.94. The molecule has 0 amide bonds. The first-order chi connectivity index (χ1) is 8.38. The van der Waals surface area contributed by atoms with Crippen LogP contribution in [-0.2, 0) is 22.1 Å². The molecule has 6 heteroatoms. The summed E-state index contributed by atoms with van der Waals surface area (Å²) < 4.78 is 47.8. The van der Waals surface area contributed by atoms with E-state index < -0.39 is 24.1 Å². The normalized spacial score (nSPS) is 11.2. The minimum atomic E-state index is -4.53. The van der Waals surface area contributed by atoms with Crippen molar-refractivity contribution in [2.75, 3.05) is 13.7 Å². The first-order valence-electron chi connectivity index (χ1n) is 5.28. The Labute approximate surface area is 103 Å². The van der Waals surface area contributed by atoms with Crippen LogP contribution < -0.4 is 4.74 Å². The number of carbonyl (C=O) groups excluding carboxylic acids is 1. The first-order valence-corrected chi connectivity index (χ1v) is 5.28. The maximum Gasteiger partial charge on any atom is 0.416 e. The molecular formula is C12H13F3O3. The van der Waals surface area contributed by atoms with Gasteiger partial charge in [-0.05, 0) is 24.6 Å². The lowest BCUT2D eigenvalue weighted by molar-refractivity contribution is -0.143. The fraction of sp³-hybridized carbons (Fsp3) is 0.417. The third-order valence-electron chi connectivity index (χ3n) is 2.26. The Hall–Kier alpha value is -1.72. The number of halogens is 3. The molecule has 1 aromatic carbocycles. The van der Waals surface area contributed by atoms with Gasteiger partial charge in [-0.3, -0.25) is 4.79 Å². The highest BCUT2D eigenvalue weighted by molar-refractivity contribution is 5.73. The lowest BCUT2D eigenvalue weighted by atomic mass is 10.0. The molecule has 0 aromatic heterocycles. The molecule has 0 atom stereocenters. The monoisotopic (exact) mass is 262 g/mol. The maximum absolute atomic E-state index is 12.8. The molecule has 0 saturated carbocycles. The number of alkyl halides is 3. The smallest absolute Gasteiger partial charge is 0.416 e. The number of carbonyl (C=O) groups is 1. The lowest BCUT2D eigenvalue weighted by Gasteiger charge is -2.13. The molecule has 0 radical (unpaired) electrons. The molecule has 0 spiro atoms. The maximum atomic E-state index is 12.8. The van der Waals surface area contributed by atoms with Gasteiger partial charge < -0.3 is 9.47 Å². The van der Waals surface area contributed by atoms with Crippen LogP contribution in [0.4, 0.5) is 13.2 Å². The molecule has 0 aliphatic rings. The lowest BCUT2D eigenvalue weighted by Crippen LogP contribution is -2.14. The molecule has 1 aromatic rings. The Bertz CT molecular complexity index is 427. The third-order valence-corrected chi connectivity index (χ3v) is 2.26. The van der Waals surface area contributed by atoms with Gasteiger partial charge in [0, 0.05) is 0 Å².